The molecule has 22 heavy (non-hydrogen) atoms. The minimum absolute atomic E-state index is 0.0351. The normalized spacial score (nSPS) is 21.9. The first-order valence-corrected chi connectivity index (χ1v) is 7.84. The first-order valence-electron chi connectivity index (χ1n) is 7.09. The Balaban J connectivity index is 2.12. The van der Waals surface area contributed by atoms with Gasteiger partial charge in [0.05, 0.1) is 28.2 Å². The Bertz CT molecular complexity index is 546. The summed E-state index contributed by atoms with van der Waals surface area (Å²) in [5.41, 5.74) is 0.0351. The maximum atomic E-state index is 14.2. The number of alkyl halides is 2. The molecule has 1 aliphatic rings. The number of carbonyl (C=O) groups is 1. The van der Waals surface area contributed by atoms with Crippen LogP contribution in [0.5, 0.6) is 0 Å². The molecule has 1 amide bonds. The molecule has 1 N–H and O–H groups in total. The van der Waals surface area contributed by atoms with Crippen molar-refractivity contribution in [1.29, 1.82) is 0 Å². The minimum atomic E-state index is -2.99. The number of hydrogen-bond donors (Lipinski definition) is 1. The summed E-state index contributed by atoms with van der Waals surface area (Å²) in [6.45, 7) is 3.89. The topological polar surface area (TPSA) is 32.3 Å². The van der Waals surface area contributed by atoms with Crippen LogP contribution in [0.25, 0.3) is 0 Å². The minimum Gasteiger partial charge on any atom is -0.343 e. The highest BCUT2D eigenvalue weighted by Gasteiger charge is 2.46. The summed E-state index contributed by atoms with van der Waals surface area (Å²) in [7, 11) is 0. The third-order valence-corrected chi connectivity index (χ3v) is 4.48. The van der Waals surface area contributed by atoms with Crippen LogP contribution in [0, 0.1) is 0 Å². The monoisotopic (exact) mass is 350 g/mol. The molecule has 1 unspecified atom stereocenters. The second-order valence-corrected chi connectivity index (χ2v) is 6.55. The van der Waals surface area contributed by atoms with Crippen molar-refractivity contribution in [2.75, 3.05) is 13.1 Å². The molecule has 1 aliphatic heterocycles. The Hall–Kier alpha value is -0.910. The molecule has 0 aromatic heterocycles. The van der Waals surface area contributed by atoms with Gasteiger partial charge in [-0.3, -0.25) is 9.69 Å². The molecular formula is C15H18Cl2F2N2O. The van der Waals surface area contributed by atoms with E-state index in [9.17, 15) is 13.6 Å². The number of hydrogen-bond acceptors (Lipinski definition) is 2. The Morgan fingerprint density at radius 3 is 2.45 bits per heavy atom. The van der Waals surface area contributed by atoms with E-state index >= 15 is 0 Å². The summed E-state index contributed by atoms with van der Waals surface area (Å²) in [5.74, 6) is -3.66. The maximum absolute atomic E-state index is 14.2. The van der Waals surface area contributed by atoms with Crippen LogP contribution in [0.3, 0.4) is 0 Å². The largest absolute Gasteiger partial charge is 0.343 e. The predicted octanol–water partition coefficient (Wildman–Crippen LogP) is 3.84. The van der Waals surface area contributed by atoms with Crippen molar-refractivity contribution >= 4 is 29.1 Å². The van der Waals surface area contributed by atoms with Gasteiger partial charge in [0.25, 0.3) is 11.8 Å². The van der Waals surface area contributed by atoms with E-state index in [1.807, 2.05) is 13.8 Å². The molecule has 1 heterocycles. The first kappa shape index (κ1) is 17.4. The molecule has 0 aliphatic carbocycles. The highest BCUT2D eigenvalue weighted by molar-refractivity contribution is 6.39. The fourth-order valence-corrected chi connectivity index (χ4v) is 3.10. The summed E-state index contributed by atoms with van der Waals surface area (Å²) < 4.78 is 28.5. The first-order chi connectivity index (χ1) is 10.2. The third-order valence-electron chi connectivity index (χ3n) is 3.85. The van der Waals surface area contributed by atoms with Crippen molar-refractivity contribution < 1.29 is 13.6 Å². The van der Waals surface area contributed by atoms with Crippen molar-refractivity contribution in [2.24, 2.45) is 0 Å². The van der Waals surface area contributed by atoms with E-state index in [-0.39, 0.29) is 34.6 Å². The second kappa shape index (κ2) is 6.69. The van der Waals surface area contributed by atoms with Gasteiger partial charge in [0.2, 0.25) is 0 Å². The van der Waals surface area contributed by atoms with Gasteiger partial charge in [0, 0.05) is 12.6 Å². The fourth-order valence-electron chi connectivity index (χ4n) is 2.53. The molecule has 1 aromatic carbocycles. The van der Waals surface area contributed by atoms with Gasteiger partial charge >= 0.3 is 0 Å². The summed E-state index contributed by atoms with van der Waals surface area (Å²) in [6.07, 6.45) is 0.180. The molecule has 0 bridgehead atoms. The van der Waals surface area contributed by atoms with Gasteiger partial charge in [0.1, 0.15) is 0 Å². The van der Waals surface area contributed by atoms with Crippen molar-refractivity contribution in [3.8, 4) is 0 Å². The number of amides is 1. The van der Waals surface area contributed by atoms with Crippen LogP contribution < -0.4 is 5.32 Å². The summed E-state index contributed by atoms with van der Waals surface area (Å²) in [4.78, 5) is 13.9. The molecule has 3 nitrogen and oxygen atoms in total. The molecule has 1 aromatic rings. The standard InChI is InChI=1S/C15H18Cl2F2N2O/c1-9(2)21-7-6-12(15(18,19)8-21)20-14(22)13-10(16)4-3-5-11(13)17/h3-5,9,12H,6-8H2,1-2H3,(H,20,22). The van der Waals surface area contributed by atoms with E-state index in [0.29, 0.717) is 6.54 Å². The quantitative estimate of drug-likeness (QED) is 0.898. The zero-order valence-electron chi connectivity index (χ0n) is 12.4. The fraction of sp³-hybridized carbons (Fsp3) is 0.533. The van der Waals surface area contributed by atoms with Crippen molar-refractivity contribution in [3.63, 3.8) is 0 Å². The maximum Gasteiger partial charge on any atom is 0.280 e. The average Bonchev–Trinajstić information content (AvgIpc) is 2.40. The Morgan fingerprint density at radius 1 is 1.36 bits per heavy atom. The lowest BCUT2D eigenvalue weighted by molar-refractivity contribution is -0.0940. The van der Waals surface area contributed by atoms with Gasteiger partial charge < -0.3 is 5.32 Å². The molecule has 122 valence electrons. The van der Waals surface area contributed by atoms with Crippen LogP contribution in [0.15, 0.2) is 18.2 Å². The Labute approximate surface area is 138 Å². The number of benzene rings is 1. The van der Waals surface area contributed by atoms with E-state index in [1.165, 1.54) is 12.1 Å². The zero-order chi connectivity index (χ0) is 16.5. The average molecular weight is 351 g/mol. The Morgan fingerprint density at radius 2 is 1.95 bits per heavy atom. The van der Waals surface area contributed by atoms with Gasteiger partial charge in [-0.25, -0.2) is 8.78 Å². The van der Waals surface area contributed by atoms with E-state index in [2.05, 4.69) is 5.32 Å². The van der Waals surface area contributed by atoms with Crippen LogP contribution in [0.2, 0.25) is 10.0 Å². The molecule has 1 fully saturated rings. The number of halogens is 4. The smallest absolute Gasteiger partial charge is 0.280 e. The van der Waals surface area contributed by atoms with Gasteiger partial charge in [-0.05, 0) is 32.4 Å². The van der Waals surface area contributed by atoms with Gasteiger partial charge in [-0.2, -0.15) is 0 Å². The van der Waals surface area contributed by atoms with Crippen LogP contribution in [-0.4, -0.2) is 41.9 Å². The van der Waals surface area contributed by atoms with Gasteiger partial charge in [-0.15, -0.1) is 0 Å². The molecule has 0 radical (unpaired) electrons. The lowest BCUT2D eigenvalue weighted by atomic mass is 9.99. The number of likely N-dealkylation sites (tertiary alicyclic amines) is 1. The van der Waals surface area contributed by atoms with E-state index in [0.717, 1.165) is 0 Å². The van der Waals surface area contributed by atoms with Gasteiger partial charge in [0.15, 0.2) is 0 Å². The number of piperidine rings is 1. The van der Waals surface area contributed by atoms with E-state index in [1.54, 1.807) is 11.0 Å². The highest BCUT2D eigenvalue weighted by Crippen LogP contribution is 2.30. The second-order valence-electron chi connectivity index (χ2n) is 5.74. The van der Waals surface area contributed by atoms with Gasteiger partial charge in [-0.1, -0.05) is 29.3 Å². The van der Waals surface area contributed by atoms with Crippen LogP contribution in [0.1, 0.15) is 30.6 Å². The molecule has 0 saturated carbocycles. The molecular weight excluding hydrogens is 333 g/mol. The van der Waals surface area contributed by atoms with Crippen LogP contribution in [0.4, 0.5) is 8.78 Å². The van der Waals surface area contributed by atoms with Crippen LogP contribution in [-0.2, 0) is 0 Å². The van der Waals surface area contributed by atoms with Crippen molar-refractivity contribution in [2.45, 2.75) is 38.3 Å². The number of nitrogens with zero attached hydrogens (tertiary/aromatic N) is 1. The predicted molar refractivity (Wildman–Crippen MR) is 84.0 cm³/mol. The lowest BCUT2D eigenvalue weighted by Crippen LogP contribution is -2.59. The highest BCUT2D eigenvalue weighted by atomic mass is 35.5. The number of nitrogens with one attached hydrogen (secondary N) is 1. The molecule has 0 spiro atoms. The Kier molecular flexibility index (Phi) is 5.30. The van der Waals surface area contributed by atoms with E-state index < -0.39 is 17.9 Å². The molecule has 7 heteroatoms. The molecule has 1 atom stereocenters. The van der Waals surface area contributed by atoms with E-state index in [4.69, 9.17) is 23.2 Å². The lowest BCUT2D eigenvalue weighted by Gasteiger charge is -2.40. The summed E-state index contributed by atoms with van der Waals surface area (Å²) in [6, 6.07) is 3.42. The number of carbonyl (C=O) groups excluding carboxylic acids is 1. The van der Waals surface area contributed by atoms with Crippen LogP contribution >= 0.6 is 23.2 Å². The van der Waals surface area contributed by atoms with Crippen molar-refractivity contribution in [3.05, 3.63) is 33.8 Å². The zero-order valence-corrected chi connectivity index (χ0v) is 13.9. The van der Waals surface area contributed by atoms with Crippen molar-refractivity contribution in [1.82, 2.24) is 10.2 Å². The summed E-state index contributed by atoms with van der Waals surface area (Å²) in [5, 5.41) is 2.67. The third kappa shape index (κ3) is 3.70. The summed E-state index contributed by atoms with van der Waals surface area (Å²) >= 11 is 11.9. The SMILES string of the molecule is CC(C)N1CCC(NC(=O)c2c(Cl)cccc2Cl)C(F)(F)C1. The molecule has 1 saturated heterocycles. The molecule has 2 rings (SSSR count). The number of rotatable bonds is 3.